The topological polar surface area (TPSA) is 46.3 Å². The van der Waals surface area contributed by atoms with Gasteiger partial charge in [0.25, 0.3) is 0 Å². The minimum Gasteiger partial charge on any atom is -0.349 e. The highest BCUT2D eigenvalue weighted by molar-refractivity contribution is 5.75. The van der Waals surface area contributed by atoms with E-state index >= 15 is 0 Å². The fourth-order valence-corrected chi connectivity index (χ4v) is 0.990. The van der Waals surface area contributed by atoms with Crippen LogP contribution in [0, 0.1) is 0 Å². The van der Waals surface area contributed by atoms with Gasteiger partial charge in [0.15, 0.2) is 0 Å². The molecule has 0 saturated heterocycles. The van der Waals surface area contributed by atoms with E-state index in [9.17, 15) is 4.79 Å². The van der Waals surface area contributed by atoms with Crippen LogP contribution in [-0.2, 0) is 4.79 Å². The highest BCUT2D eigenvalue weighted by Gasteiger charge is 2.37. The second-order valence-electron chi connectivity index (χ2n) is 3.65. The Balaban J connectivity index is 2.16. The number of hydrogen-bond acceptors (Lipinski definition) is 2. The molecule has 0 aromatic rings. The van der Waals surface area contributed by atoms with Crippen LogP contribution in [0.5, 0.6) is 0 Å². The Morgan fingerprint density at radius 3 is 2.45 bits per heavy atom. The molecular formula is C8H16N2O. The largest absolute Gasteiger partial charge is 0.349 e. The lowest BCUT2D eigenvalue weighted by Crippen LogP contribution is -2.27. The maximum absolute atomic E-state index is 11.1. The Labute approximate surface area is 67.5 Å². The SMILES string of the molecule is CN(C)C(=O)CCC1(N)CC1. The number of hydrogen-bond donors (Lipinski definition) is 1. The molecule has 2 N–H and O–H groups in total. The van der Waals surface area contributed by atoms with Gasteiger partial charge < -0.3 is 10.6 Å². The smallest absolute Gasteiger partial charge is 0.222 e. The van der Waals surface area contributed by atoms with E-state index in [1.807, 2.05) is 0 Å². The first-order valence-electron chi connectivity index (χ1n) is 4.03. The van der Waals surface area contributed by atoms with Gasteiger partial charge in [-0.1, -0.05) is 0 Å². The number of nitrogens with zero attached hydrogens (tertiary/aromatic N) is 1. The molecule has 1 rings (SSSR count). The number of carbonyl (C=O) groups excluding carboxylic acids is 1. The zero-order valence-electron chi connectivity index (χ0n) is 7.26. The van der Waals surface area contributed by atoms with Crippen LogP contribution in [0.2, 0.25) is 0 Å². The Bertz CT molecular complexity index is 161. The minimum absolute atomic E-state index is 0.0195. The van der Waals surface area contributed by atoms with Crippen molar-refractivity contribution < 1.29 is 4.79 Å². The molecule has 1 saturated carbocycles. The fourth-order valence-electron chi connectivity index (χ4n) is 0.990. The van der Waals surface area contributed by atoms with Crippen molar-refractivity contribution in [2.45, 2.75) is 31.2 Å². The van der Waals surface area contributed by atoms with Gasteiger partial charge in [-0.25, -0.2) is 0 Å². The summed E-state index contributed by atoms with van der Waals surface area (Å²) < 4.78 is 0. The van der Waals surface area contributed by atoms with Crippen LogP contribution in [0.25, 0.3) is 0 Å². The number of amides is 1. The molecule has 3 nitrogen and oxygen atoms in total. The second kappa shape index (κ2) is 2.81. The number of carbonyl (C=O) groups is 1. The lowest BCUT2D eigenvalue weighted by Gasteiger charge is -2.12. The maximum atomic E-state index is 11.1. The summed E-state index contributed by atoms with van der Waals surface area (Å²) >= 11 is 0. The van der Waals surface area contributed by atoms with Crippen LogP contribution in [0.1, 0.15) is 25.7 Å². The molecule has 0 atom stereocenters. The van der Waals surface area contributed by atoms with E-state index in [1.54, 1.807) is 19.0 Å². The predicted octanol–water partition coefficient (Wildman–Crippen LogP) is 0.346. The lowest BCUT2D eigenvalue weighted by molar-refractivity contribution is -0.128. The van der Waals surface area contributed by atoms with E-state index < -0.39 is 0 Å². The third-order valence-corrected chi connectivity index (χ3v) is 2.23. The summed E-state index contributed by atoms with van der Waals surface area (Å²) in [6.45, 7) is 0. The molecular weight excluding hydrogens is 140 g/mol. The van der Waals surface area contributed by atoms with Crippen LogP contribution in [-0.4, -0.2) is 30.4 Å². The highest BCUT2D eigenvalue weighted by atomic mass is 16.2. The Kier molecular flexibility index (Phi) is 2.18. The summed E-state index contributed by atoms with van der Waals surface area (Å²) in [6, 6.07) is 0. The van der Waals surface area contributed by atoms with Crippen molar-refractivity contribution in [3.63, 3.8) is 0 Å². The molecule has 0 unspecified atom stereocenters. The molecule has 64 valence electrons. The lowest BCUT2D eigenvalue weighted by atomic mass is 10.1. The quantitative estimate of drug-likeness (QED) is 0.640. The van der Waals surface area contributed by atoms with Gasteiger partial charge in [0.2, 0.25) is 5.91 Å². The standard InChI is InChI=1S/C8H16N2O/c1-10(2)7(11)3-4-8(9)5-6-8/h3-6,9H2,1-2H3. The van der Waals surface area contributed by atoms with Gasteiger partial charge in [0.05, 0.1) is 0 Å². The molecule has 1 fully saturated rings. The maximum Gasteiger partial charge on any atom is 0.222 e. The monoisotopic (exact) mass is 156 g/mol. The number of nitrogens with two attached hydrogens (primary N) is 1. The average molecular weight is 156 g/mol. The summed E-state index contributed by atoms with van der Waals surface area (Å²) in [5.41, 5.74) is 5.84. The van der Waals surface area contributed by atoms with E-state index in [-0.39, 0.29) is 11.4 Å². The molecule has 0 aromatic heterocycles. The molecule has 11 heavy (non-hydrogen) atoms. The highest BCUT2D eigenvalue weighted by Crippen LogP contribution is 2.36. The first-order valence-corrected chi connectivity index (χ1v) is 4.03. The summed E-state index contributed by atoms with van der Waals surface area (Å²) in [6.07, 6.45) is 3.63. The normalized spacial score (nSPS) is 19.5. The van der Waals surface area contributed by atoms with E-state index in [0.717, 1.165) is 19.3 Å². The summed E-state index contributed by atoms with van der Waals surface area (Å²) in [5.74, 6) is 0.182. The van der Waals surface area contributed by atoms with Crippen molar-refractivity contribution in [3.05, 3.63) is 0 Å². The first kappa shape index (κ1) is 8.53. The van der Waals surface area contributed by atoms with Gasteiger partial charge in [-0.15, -0.1) is 0 Å². The van der Waals surface area contributed by atoms with Gasteiger partial charge in [0, 0.05) is 26.1 Å². The Morgan fingerprint density at radius 1 is 1.55 bits per heavy atom. The molecule has 0 bridgehead atoms. The fraction of sp³-hybridized carbons (Fsp3) is 0.875. The van der Waals surface area contributed by atoms with E-state index in [2.05, 4.69) is 0 Å². The zero-order chi connectivity index (χ0) is 8.48. The van der Waals surface area contributed by atoms with Gasteiger partial charge in [-0.05, 0) is 19.3 Å². The van der Waals surface area contributed by atoms with Crippen molar-refractivity contribution in [1.29, 1.82) is 0 Å². The molecule has 0 heterocycles. The van der Waals surface area contributed by atoms with E-state index in [0.29, 0.717) is 6.42 Å². The van der Waals surface area contributed by atoms with Crippen molar-refractivity contribution in [3.8, 4) is 0 Å². The van der Waals surface area contributed by atoms with Crippen molar-refractivity contribution in [2.24, 2.45) is 5.73 Å². The molecule has 1 aliphatic carbocycles. The van der Waals surface area contributed by atoms with Crippen LogP contribution in [0.4, 0.5) is 0 Å². The molecule has 0 radical (unpaired) electrons. The van der Waals surface area contributed by atoms with Gasteiger partial charge in [0.1, 0.15) is 0 Å². The van der Waals surface area contributed by atoms with Gasteiger partial charge in [-0.3, -0.25) is 4.79 Å². The molecule has 1 amide bonds. The summed E-state index contributed by atoms with van der Waals surface area (Å²) in [7, 11) is 3.55. The van der Waals surface area contributed by atoms with E-state index in [1.165, 1.54) is 0 Å². The van der Waals surface area contributed by atoms with Gasteiger partial charge in [-0.2, -0.15) is 0 Å². The second-order valence-corrected chi connectivity index (χ2v) is 3.65. The first-order chi connectivity index (χ1) is 5.03. The molecule has 0 spiro atoms. The average Bonchev–Trinajstić information content (AvgIpc) is 2.64. The van der Waals surface area contributed by atoms with Crippen molar-refractivity contribution in [1.82, 2.24) is 4.90 Å². The predicted molar refractivity (Wildman–Crippen MR) is 44.1 cm³/mol. The van der Waals surface area contributed by atoms with Crippen molar-refractivity contribution >= 4 is 5.91 Å². The molecule has 0 aromatic carbocycles. The van der Waals surface area contributed by atoms with Crippen LogP contribution < -0.4 is 5.73 Å². The minimum atomic E-state index is 0.0195. The van der Waals surface area contributed by atoms with Gasteiger partial charge >= 0.3 is 0 Å². The third kappa shape index (κ3) is 2.50. The molecule has 1 aliphatic rings. The van der Waals surface area contributed by atoms with Crippen LogP contribution in [0.15, 0.2) is 0 Å². The zero-order valence-corrected chi connectivity index (χ0v) is 7.26. The van der Waals surface area contributed by atoms with Crippen LogP contribution in [0.3, 0.4) is 0 Å². The number of rotatable bonds is 3. The third-order valence-electron chi connectivity index (χ3n) is 2.23. The molecule has 3 heteroatoms. The summed E-state index contributed by atoms with van der Waals surface area (Å²) in [4.78, 5) is 12.7. The Hall–Kier alpha value is -0.570. The van der Waals surface area contributed by atoms with E-state index in [4.69, 9.17) is 5.73 Å². The van der Waals surface area contributed by atoms with Crippen molar-refractivity contribution in [2.75, 3.05) is 14.1 Å². The Morgan fingerprint density at radius 2 is 2.09 bits per heavy atom. The van der Waals surface area contributed by atoms with Crippen LogP contribution >= 0.6 is 0 Å². The molecule has 0 aliphatic heterocycles. The summed E-state index contributed by atoms with van der Waals surface area (Å²) in [5, 5.41) is 0.